The molecule has 0 bridgehead atoms. The van der Waals surface area contributed by atoms with Crippen LogP contribution in [0.4, 0.5) is 5.13 Å². The Labute approximate surface area is 119 Å². The summed E-state index contributed by atoms with van der Waals surface area (Å²) < 4.78 is 0. The fraction of sp³-hybridized carbons (Fsp3) is 0.400. The van der Waals surface area contributed by atoms with Gasteiger partial charge in [-0.1, -0.05) is 30.3 Å². The SMILES string of the molecule is CCN(CC)c1nc(-c2ccccc2)c(CCN)s1. The molecule has 102 valence electrons. The summed E-state index contributed by atoms with van der Waals surface area (Å²) >= 11 is 1.77. The van der Waals surface area contributed by atoms with Gasteiger partial charge in [-0.25, -0.2) is 4.98 Å². The average Bonchev–Trinajstić information content (AvgIpc) is 2.86. The van der Waals surface area contributed by atoms with Gasteiger partial charge in [-0.3, -0.25) is 0 Å². The molecule has 0 atom stereocenters. The molecule has 0 spiro atoms. The Kier molecular flexibility index (Phi) is 4.93. The van der Waals surface area contributed by atoms with E-state index in [9.17, 15) is 0 Å². The van der Waals surface area contributed by atoms with Gasteiger partial charge in [-0.2, -0.15) is 0 Å². The van der Waals surface area contributed by atoms with Crippen LogP contribution in [-0.4, -0.2) is 24.6 Å². The van der Waals surface area contributed by atoms with Crippen LogP contribution in [0.1, 0.15) is 18.7 Å². The van der Waals surface area contributed by atoms with E-state index < -0.39 is 0 Å². The molecule has 0 saturated heterocycles. The van der Waals surface area contributed by atoms with Gasteiger partial charge >= 0.3 is 0 Å². The molecule has 19 heavy (non-hydrogen) atoms. The molecule has 1 heterocycles. The summed E-state index contributed by atoms with van der Waals surface area (Å²) in [5.41, 5.74) is 8.00. The van der Waals surface area contributed by atoms with Gasteiger partial charge in [0, 0.05) is 23.5 Å². The lowest BCUT2D eigenvalue weighted by Gasteiger charge is -2.16. The van der Waals surface area contributed by atoms with Crippen LogP contribution >= 0.6 is 11.3 Å². The van der Waals surface area contributed by atoms with Crippen molar-refractivity contribution in [3.8, 4) is 11.3 Å². The minimum atomic E-state index is 0.666. The summed E-state index contributed by atoms with van der Waals surface area (Å²) in [6.07, 6.45) is 0.892. The lowest BCUT2D eigenvalue weighted by atomic mass is 10.1. The fourth-order valence-electron chi connectivity index (χ4n) is 2.09. The van der Waals surface area contributed by atoms with Crippen molar-refractivity contribution in [2.24, 2.45) is 5.73 Å². The van der Waals surface area contributed by atoms with Gasteiger partial charge in [0.15, 0.2) is 5.13 Å². The lowest BCUT2D eigenvalue weighted by Crippen LogP contribution is -2.21. The highest BCUT2D eigenvalue weighted by Gasteiger charge is 2.15. The second kappa shape index (κ2) is 6.68. The molecule has 3 nitrogen and oxygen atoms in total. The Balaban J connectivity index is 2.41. The zero-order valence-electron chi connectivity index (χ0n) is 11.6. The number of thiazole rings is 1. The molecule has 0 saturated carbocycles. The molecule has 0 radical (unpaired) electrons. The molecule has 1 aromatic heterocycles. The van der Waals surface area contributed by atoms with E-state index in [1.807, 2.05) is 6.07 Å². The van der Waals surface area contributed by atoms with Crippen molar-refractivity contribution in [3.05, 3.63) is 35.2 Å². The Morgan fingerprint density at radius 1 is 1.16 bits per heavy atom. The fourth-order valence-corrected chi connectivity index (χ4v) is 3.32. The smallest absolute Gasteiger partial charge is 0.186 e. The zero-order valence-corrected chi connectivity index (χ0v) is 12.4. The summed E-state index contributed by atoms with van der Waals surface area (Å²) in [6.45, 7) is 6.96. The van der Waals surface area contributed by atoms with Crippen LogP contribution in [0.15, 0.2) is 30.3 Å². The third-order valence-electron chi connectivity index (χ3n) is 3.14. The predicted octanol–water partition coefficient (Wildman–Crippen LogP) is 3.16. The van der Waals surface area contributed by atoms with Crippen molar-refractivity contribution < 1.29 is 0 Å². The van der Waals surface area contributed by atoms with Gasteiger partial charge in [-0.15, -0.1) is 11.3 Å². The van der Waals surface area contributed by atoms with Crippen molar-refractivity contribution in [2.75, 3.05) is 24.5 Å². The predicted molar refractivity (Wildman–Crippen MR) is 83.9 cm³/mol. The van der Waals surface area contributed by atoms with Gasteiger partial charge in [0.25, 0.3) is 0 Å². The van der Waals surface area contributed by atoms with E-state index in [0.717, 1.165) is 30.3 Å². The first-order valence-corrected chi connectivity index (χ1v) is 7.61. The van der Waals surface area contributed by atoms with Gasteiger partial charge in [0.2, 0.25) is 0 Å². The summed E-state index contributed by atoms with van der Waals surface area (Å²) in [5.74, 6) is 0. The number of rotatable bonds is 6. The van der Waals surface area contributed by atoms with Crippen LogP contribution in [-0.2, 0) is 6.42 Å². The largest absolute Gasteiger partial charge is 0.349 e. The van der Waals surface area contributed by atoms with E-state index in [1.165, 1.54) is 10.4 Å². The first-order valence-electron chi connectivity index (χ1n) is 6.80. The number of anilines is 1. The Hall–Kier alpha value is -1.39. The van der Waals surface area contributed by atoms with Crippen molar-refractivity contribution in [3.63, 3.8) is 0 Å². The second-order valence-corrected chi connectivity index (χ2v) is 5.41. The number of hydrogen-bond acceptors (Lipinski definition) is 4. The number of nitrogens with zero attached hydrogens (tertiary/aromatic N) is 2. The van der Waals surface area contributed by atoms with Gasteiger partial charge in [0.1, 0.15) is 0 Å². The van der Waals surface area contributed by atoms with Crippen molar-refractivity contribution in [1.29, 1.82) is 0 Å². The maximum atomic E-state index is 5.72. The van der Waals surface area contributed by atoms with Gasteiger partial charge in [-0.05, 0) is 26.8 Å². The van der Waals surface area contributed by atoms with Crippen molar-refractivity contribution in [1.82, 2.24) is 4.98 Å². The van der Waals surface area contributed by atoms with Crippen LogP contribution < -0.4 is 10.6 Å². The third kappa shape index (κ3) is 3.14. The second-order valence-electron chi connectivity index (χ2n) is 4.35. The normalized spacial score (nSPS) is 10.7. The van der Waals surface area contributed by atoms with Crippen LogP contribution in [0.2, 0.25) is 0 Å². The standard InChI is InChI=1S/C15H21N3S/c1-3-18(4-2)15-17-14(13(19-15)10-11-16)12-8-6-5-7-9-12/h5-9H,3-4,10-11,16H2,1-2H3. The Morgan fingerprint density at radius 2 is 1.84 bits per heavy atom. The quantitative estimate of drug-likeness (QED) is 0.880. The topological polar surface area (TPSA) is 42.2 Å². The maximum absolute atomic E-state index is 5.72. The summed E-state index contributed by atoms with van der Waals surface area (Å²) in [7, 11) is 0. The highest BCUT2D eigenvalue weighted by atomic mass is 32.1. The molecule has 4 heteroatoms. The number of aromatic nitrogens is 1. The summed E-state index contributed by atoms with van der Waals surface area (Å²) in [4.78, 5) is 8.41. The molecule has 0 unspecified atom stereocenters. The highest BCUT2D eigenvalue weighted by molar-refractivity contribution is 7.16. The molecule has 0 fully saturated rings. The molecule has 2 rings (SSSR count). The van der Waals surface area contributed by atoms with Gasteiger partial charge in [0.05, 0.1) is 5.69 Å². The molecular formula is C15H21N3S. The van der Waals surface area contributed by atoms with E-state index in [2.05, 4.69) is 43.0 Å². The third-order valence-corrected chi connectivity index (χ3v) is 4.31. The first kappa shape index (κ1) is 14.0. The van der Waals surface area contributed by atoms with E-state index >= 15 is 0 Å². The van der Waals surface area contributed by atoms with Crippen molar-refractivity contribution in [2.45, 2.75) is 20.3 Å². The lowest BCUT2D eigenvalue weighted by molar-refractivity contribution is 0.860. The molecule has 0 aliphatic carbocycles. The first-order chi connectivity index (χ1) is 9.30. The van der Waals surface area contributed by atoms with E-state index in [-0.39, 0.29) is 0 Å². The van der Waals surface area contributed by atoms with Crippen LogP contribution in [0.5, 0.6) is 0 Å². The molecule has 0 aliphatic heterocycles. The number of hydrogen-bond donors (Lipinski definition) is 1. The van der Waals surface area contributed by atoms with Crippen LogP contribution in [0, 0.1) is 0 Å². The van der Waals surface area contributed by atoms with Crippen molar-refractivity contribution >= 4 is 16.5 Å². The highest BCUT2D eigenvalue weighted by Crippen LogP contribution is 2.33. The maximum Gasteiger partial charge on any atom is 0.186 e. The summed E-state index contributed by atoms with van der Waals surface area (Å²) in [5, 5.41) is 1.10. The molecule has 1 aromatic carbocycles. The zero-order chi connectivity index (χ0) is 13.7. The molecule has 0 aliphatic rings. The van der Waals surface area contributed by atoms with Crippen LogP contribution in [0.3, 0.4) is 0 Å². The molecular weight excluding hydrogens is 254 g/mol. The summed E-state index contributed by atoms with van der Waals surface area (Å²) in [6, 6.07) is 10.4. The molecule has 2 N–H and O–H groups in total. The van der Waals surface area contributed by atoms with Gasteiger partial charge < -0.3 is 10.6 Å². The average molecular weight is 275 g/mol. The minimum Gasteiger partial charge on any atom is -0.349 e. The van der Waals surface area contributed by atoms with E-state index in [0.29, 0.717) is 6.54 Å². The van der Waals surface area contributed by atoms with Crippen LogP contribution in [0.25, 0.3) is 11.3 Å². The Morgan fingerprint density at radius 3 is 2.42 bits per heavy atom. The molecule has 2 aromatic rings. The Bertz CT molecular complexity index is 503. The van der Waals surface area contributed by atoms with E-state index in [1.54, 1.807) is 11.3 Å². The number of nitrogens with two attached hydrogens (primary N) is 1. The number of benzene rings is 1. The molecule has 0 amide bonds. The minimum absolute atomic E-state index is 0.666. The monoisotopic (exact) mass is 275 g/mol. The van der Waals surface area contributed by atoms with E-state index in [4.69, 9.17) is 10.7 Å².